The maximum Gasteiger partial charge on any atom is 0.260 e. The summed E-state index contributed by atoms with van der Waals surface area (Å²) < 4.78 is 1.87. The van der Waals surface area contributed by atoms with Crippen LogP contribution in [0.4, 0.5) is 0 Å². The van der Waals surface area contributed by atoms with Crippen molar-refractivity contribution < 1.29 is 0 Å². The van der Waals surface area contributed by atoms with Gasteiger partial charge in [-0.2, -0.15) is 0 Å². The maximum absolute atomic E-state index is 13.3. The number of aromatic nitrogens is 1. The predicted octanol–water partition coefficient (Wildman–Crippen LogP) is 4.07. The summed E-state index contributed by atoms with van der Waals surface area (Å²) in [6.45, 7) is 0. The topological polar surface area (TPSA) is 34.4 Å². The van der Waals surface area contributed by atoms with Crippen LogP contribution < -0.4 is 11.0 Å². The molecule has 27 heavy (non-hydrogen) atoms. The Morgan fingerprint density at radius 3 is 2.44 bits per heavy atom. The van der Waals surface area contributed by atoms with Gasteiger partial charge in [0.25, 0.3) is 5.56 Å². The predicted molar refractivity (Wildman–Crippen MR) is 109 cm³/mol. The number of fused-ring (bicyclic) bond motifs is 4. The molecular weight excluding hydrogens is 332 g/mol. The molecule has 0 bridgehead atoms. The van der Waals surface area contributed by atoms with Crippen LogP contribution in [0.1, 0.15) is 11.6 Å². The Morgan fingerprint density at radius 1 is 0.852 bits per heavy atom. The second-order valence-corrected chi connectivity index (χ2v) is 7.17. The smallest absolute Gasteiger partial charge is 0.260 e. The molecule has 0 saturated heterocycles. The van der Waals surface area contributed by atoms with E-state index in [-0.39, 0.29) is 17.6 Å². The average molecular weight is 348 g/mol. The van der Waals surface area contributed by atoms with Gasteiger partial charge in [-0.05, 0) is 28.7 Å². The van der Waals surface area contributed by atoms with E-state index in [1.54, 1.807) is 0 Å². The molecule has 3 aromatic carbocycles. The number of allylic oxidation sites excluding steroid dienone is 2. The first-order valence-electron chi connectivity index (χ1n) is 9.20. The van der Waals surface area contributed by atoms with Crippen LogP contribution in [0.2, 0.25) is 0 Å². The minimum absolute atomic E-state index is 0.0475. The second-order valence-electron chi connectivity index (χ2n) is 7.17. The van der Waals surface area contributed by atoms with E-state index in [1.807, 2.05) is 41.0 Å². The van der Waals surface area contributed by atoms with Gasteiger partial charge >= 0.3 is 0 Å². The summed E-state index contributed by atoms with van der Waals surface area (Å²) in [5, 5.41) is 3.94. The molecule has 2 heterocycles. The lowest BCUT2D eigenvalue weighted by molar-refractivity contribution is 0.579. The minimum Gasteiger partial charge on any atom is -0.283 e. The maximum atomic E-state index is 13.3. The van der Waals surface area contributed by atoms with E-state index in [0.717, 1.165) is 32.6 Å². The number of pyridine rings is 1. The average Bonchev–Trinajstić information content (AvgIpc) is 3.11. The minimum atomic E-state index is -0.0522. The first-order chi connectivity index (χ1) is 13.3. The molecule has 0 saturated carbocycles. The standard InChI is InChI=1S/C24H16N2O/c27-24-19-11-5-9-16-8-4-10-18(22(16)19)23-25-20-14-17(12-13-21(20)26(23)24)15-6-2-1-3-7-15/h1-14,20-21H. The van der Waals surface area contributed by atoms with Crippen LogP contribution in [0.25, 0.3) is 27.1 Å². The van der Waals surface area contributed by atoms with Gasteiger partial charge in [0.05, 0.1) is 12.1 Å². The molecule has 4 aromatic rings. The number of rotatable bonds is 1. The van der Waals surface area contributed by atoms with Gasteiger partial charge < -0.3 is 0 Å². The summed E-state index contributed by atoms with van der Waals surface area (Å²) in [7, 11) is 0. The molecule has 2 aliphatic rings. The first kappa shape index (κ1) is 14.7. The van der Waals surface area contributed by atoms with Crippen molar-refractivity contribution in [3.63, 3.8) is 0 Å². The molecule has 2 atom stereocenters. The van der Waals surface area contributed by atoms with Gasteiger partial charge in [-0.1, -0.05) is 72.8 Å². The fraction of sp³-hybridized carbons (Fsp3) is 0.0833. The Kier molecular flexibility index (Phi) is 2.87. The van der Waals surface area contributed by atoms with Crippen LogP contribution in [0.5, 0.6) is 0 Å². The first-order valence-corrected chi connectivity index (χ1v) is 9.20. The Bertz CT molecular complexity index is 1390. The van der Waals surface area contributed by atoms with Gasteiger partial charge in [0.1, 0.15) is 5.49 Å². The Labute approximate surface area is 155 Å². The fourth-order valence-electron chi connectivity index (χ4n) is 4.44. The van der Waals surface area contributed by atoms with Crippen LogP contribution >= 0.6 is 0 Å². The van der Waals surface area contributed by atoms with Crippen molar-refractivity contribution in [2.45, 2.75) is 12.1 Å². The van der Waals surface area contributed by atoms with Crippen molar-refractivity contribution in [3.05, 3.63) is 106 Å². The van der Waals surface area contributed by atoms with E-state index in [1.165, 1.54) is 5.56 Å². The highest BCUT2D eigenvalue weighted by atomic mass is 16.1. The summed E-state index contributed by atoms with van der Waals surface area (Å²) in [5.41, 5.74) is 3.18. The third-order valence-corrected chi connectivity index (χ3v) is 5.67. The number of hydrogen-bond acceptors (Lipinski definition) is 2. The molecule has 128 valence electrons. The van der Waals surface area contributed by atoms with Crippen LogP contribution in [0.3, 0.4) is 0 Å². The van der Waals surface area contributed by atoms with E-state index >= 15 is 0 Å². The van der Waals surface area contributed by atoms with Crippen molar-refractivity contribution in [1.29, 1.82) is 0 Å². The highest BCUT2D eigenvalue weighted by Crippen LogP contribution is 2.32. The molecule has 2 unspecified atom stereocenters. The Morgan fingerprint density at radius 2 is 1.63 bits per heavy atom. The van der Waals surface area contributed by atoms with Gasteiger partial charge in [-0.15, -0.1) is 0 Å². The summed E-state index contributed by atoms with van der Waals surface area (Å²) in [4.78, 5) is 18.3. The van der Waals surface area contributed by atoms with E-state index in [4.69, 9.17) is 4.99 Å². The lowest BCUT2D eigenvalue weighted by Crippen LogP contribution is -2.34. The number of nitrogens with zero attached hydrogens (tertiary/aromatic N) is 2. The van der Waals surface area contributed by atoms with Gasteiger partial charge in [0, 0.05) is 16.2 Å². The molecule has 1 aliphatic heterocycles. The molecular formula is C24H16N2O. The lowest BCUT2D eigenvalue weighted by atomic mass is 9.94. The molecule has 1 aromatic heterocycles. The quantitative estimate of drug-likeness (QED) is 0.511. The van der Waals surface area contributed by atoms with Crippen molar-refractivity contribution in [2.24, 2.45) is 4.99 Å². The SMILES string of the molecule is O=c1c2cccc3cccc(c4n1C1C=CC(c5ccccc5)=CC1N=4)c32. The molecule has 0 N–H and O–H groups in total. The lowest BCUT2D eigenvalue weighted by Gasteiger charge is -2.20. The van der Waals surface area contributed by atoms with E-state index < -0.39 is 0 Å². The zero-order chi connectivity index (χ0) is 18.0. The zero-order valence-corrected chi connectivity index (χ0v) is 14.5. The second kappa shape index (κ2) is 5.27. The highest BCUT2D eigenvalue weighted by molar-refractivity contribution is 6.09. The summed E-state index contributed by atoms with van der Waals surface area (Å²) >= 11 is 0. The fourth-order valence-corrected chi connectivity index (χ4v) is 4.44. The van der Waals surface area contributed by atoms with Crippen LogP contribution in [0.15, 0.2) is 94.7 Å². The molecule has 0 radical (unpaired) electrons. The Balaban J connectivity index is 1.64. The molecule has 3 nitrogen and oxygen atoms in total. The highest BCUT2D eigenvalue weighted by Gasteiger charge is 2.30. The molecule has 3 heteroatoms. The van der Waals surface area contributed by atoms with Gasteiger partial charge in [0.2, 0.25) is 0 Å². The van der Waals surface area contributed by atoms with Crippen molar-refractivity contribution >= 4 is 27.1 Å². The van der Waals surface area contributed by atoms with Crippen LogP contribution in [0, 0.1) is 0 Å². The molecule has 0 fully saturated rings. The van der Waals surface area contributed by atoms with E-state index in [2.05, 4.69) is 48.6 Å². The van der Waals surface area contributed by atoms with Crippen LogP contribution in [-0.2, 0) is 0 Å². The van der Waals surface area contributed by atoms with Crippen molar-refractivity contribution in [2.75, 3.05) is 0 Å². The van der Waals surface area contributed by atoms with Crippen LogP contribution in [-0.4, -0.2) is 10.6 Å². The van der Waals surface area contributed by atoms with Crippen molar-refractivity contribution in [1.82, 2.24) is 4.57 Å². The van der Waals surface area contributed by atoms with Gasteiger partial charge in [-0.25, -0.2) is 0 Å². The largest absolute Gasteiger partial charge is 0.283 e. The normalized spacial score (nSPS) is 20.4. The summed E-state index contributed by atoms with van der Waals surface area (Å²) in [5.74, 6) is 0. The third-order valence-electron chi connectivity index (χ3n) is 5.67. The van der Waals surface area contributed by atoms with Gasteiger partial charge in [-0.3, -0.25) is 14.4 Å². The van der Waals surface area contributed by atoms with E-state index in [0.29, 0.717) is 0 Å². The molecule has 6 rings (SSSR count). The van der Waals surface area contributed by atoms with E-state index in [9.17, 15) is 4.79 Å². The molecule has 0 amide bonds. The monoisotopic (exact) mass is 348 g/mol. The summed E-state index contributed by atoms with van der Waals surface area (Å²) in [6, 6.07) is 22.3. The van der Waals surface area contributed by atoms with Gasteiger partial charge in [0.15, 0.2) is 0 Å². The number of hydrogen-bond donors (Lipinski definition) is 0. The number of benzene rings is 3. The third kappa shape index (κ3) is 1.97. The van der Waals surface area contributed by atoms with Crippen molar-refractivity contribution in [3.8, 4) is 0 Å². The summed E-state index contributed by atoms with van der Waals surface area (Å²) in [6.07, 6.45) is 6.42. The Hall–Kier alpha value is -3.46. The molecule has 0 spiro atoms. The zero-order valence-electron chi connectivity index (χ0n) is 14.5. The molecule has 1 aliphatic carbocycles.